The number of ether oxygens (including phenoxy) is 2. The predicted molar refractivity (Wildman–Crippen MR) is 109 cm³/mol. The van der Waals surface area contributed by atoms with Crippen molar-refractivity contribution >= 4 is 0 Å². The molecule has 0 aromatic heterocycles. The Kier molecular flexibility index (Phi) is 4.35. The standard InChI is InChI=1S/C25H36O2/c1-4-25(5-2,19-7-6-8-20(12-19)26-15-21-16-27-21)24(3)13-22-17-9-10-18(11-17)23(22)14-24/h6-8,12,17-18,21-23H,4-5,9-11,13-16H2,1-3H3. The molecule has 0 amide bonds. The Balaban J connectivity index is 1.44. The van der Waals surface area contributed by atoms with Crippen molar-refractivity contribution in [3.05, 3.63) is 29.8 Å². The Morgan fingerprint density at radius 3 is 2.37 bits per heavy atom. The summed E-state index contributed by atoms with van der Waals surface area (Å²) < 4.78 is 11.4. The number of fused-ring (bicyclic) bond motifs is 5. The molecule has 0 N–H and O–H groups in total. The van der Waals surface area contributed by atoms with E-state index < -0.39 is 0 Å². The van der Waals surface area contributed by atoms with Crippen LogP contribution in [-0.4, -0.2) is 19.3 Å². The fraction of sp³-hybridized carbons (Fsp3) is 0.760. The summed E-state index contributed by atoms with van der Waals surface area (Å²) in [6.07, 6.45) is 10.2. The lowest BCUT2D eigenvalue weighted by Gasteiger charge is -2.48. The van der Waals surface area contributed by atoms with E-state index in [4.69, 9.17) is 9.47 Å². The van der Waals surface area contributed by atoms with Gasteiger partial charge in [0.15, 0.2) is 0 Å². The Hall–Kier alpha value is -1.02. The van der Waals surface area contributed by atoms with Crippen molar-refractivity contribution in [3.8, 4) is 5.75 Å². The van der Waals surface area contributed by atoms with Crippen LogP contribution >= 0.6 is 0 Å². The molecule has 2 nitrogen and oxygen atoms in total. The maximum atomic E-state index is 6.04. The second kappa shape index (κ2) is 6.51. The summed E-state index contributed by atoms with van der Waals surface area (Å²) in [5.41, 5.74) is 2.20. The van der Waals surface area contributed by atoms with Gasteiger partial charge in [-0.05, 0) is 91.7 Å². The second-order valence-electron chi connectivity index (χ2n) is 10.2. The first-order valence-electron chi connectivity index (χ1n) is 11.4. The molecule has 0 radical (unpaired) electrons. The first kappa shape index (κ1) is 18.0. The predicted octanol–water partition coefficient (Wildman–Crippen LogP) is 5.98. The van der Waals surface area contributed by atoms with Crippen molar-refractivity contribution in [1.82, 2.24) is 0 Å². The van der Waals surface area contributed by atoms with Gasteiger partial charge in [0.05, 0.1) is 6.61 Å². The highest BCUT2D eigenvalue weighted by molar-refractivity contribution is 5.36. The monoisotopic (exact) mass is 368 g/mol. The van der Waals surface area contributed by atoms with Crippen LogP contribution < -0.4 is 4.74 Å². The zero-order chi connectivity index (χ0) is 18.6. The molecule has 5 rings (SSSR count). The van der Waals surface area contributed by atoms with Gasteiger partial charge in [-0.2, -0.15) is 0 Å². The van der Waals surface area contributed by atoms with Gasteiger partial charge in [0.2, 0.25) is 0 Å². The molecule has 3 aliphatic carbocycles. The van der Waals surface area contributed by atoms with E-state index in [1.165, 1.54) is 44.1 Å². The van der Waals surface area contributed by atoms with Crippen molar-refractivity contribution in [2.24, 2.45) is 29.1 Å². The fourth-order valence-corrected chi connectivity index (χ4v) is 7.78. The van der Waals surface area contributed by atoms with Gasteiger partial charge in [-0.25, -0.2) is 0 Å². The number of benzene rings is 1. The van der Waals surface area contributed by atoms with Crippen LogP contribution in [0.5, 0.6) is 5.75 Å². The van der Waals surface area contributed by atoms with Crippen LogP contribution in [0.4, 0.5) is 0 Å². The van der Waals surface area contributed by atoms with Crippen molar-refractivity contribution in [3.63, 3.8) is 0 Å². The van der Waals surface area contributed by atoms with E-state index in [0.717, 1.165) is 36.0 Å². The first-order valence-corrected chi connectivity index (χ1v) is 11.4. The van der Waals surface area contributed by atoms with E-state index in [1.807, 2.05) is 0 Å². The normalized spacial score (nSPS) is 39.6. The minimum Gasteiger partial charge on any atom is -0.491 e. The summed E-state index contributed by atoms with van der Waals surface area (Å²) in [6.45, 7) is 9.02. The Labute approximate surface area is 165 Å². The van der Waals surface area contributed by atoms with Crippen LogP contribution in [0.2, 0.25) is 0 Å². The number of epoxide rings is 1. The molecule has 4 fully saturated rings. The van der Waals surface area contributed by atoms with Gasteiger partial charge in [-0.15, -0.1) is 0 Å². The van der Waals surface area contributed by atoms with Crippen molar-refractivity contribution < 1.29 is 9.47 Å². The Morgan fingerprint density at radius 2 is 1.78 bits per heavy atom. The average molecular weight is 369 g/mol. The number of hydrogen-bond acceptors (Lipinski definition) is 2. The molecule has 3 saturated carbocycles. The molecule has 5 atom stereocenters. The third-order valence-electron chi connectivity index (χ3n) is 9.23. The highest BCUT2D eigenvalue weighted by Gasteiger charge is 2.60. The molecule has 1 aromatic carbocycles. The summed E-state index contributed by atoms with van der Waals surface area (Å²) >= 11 is 0. The van der Waals surface area contributed by atoms with Crippen LogP contribution in [0.1, 0.15) is 71.3 Å². The minimum absolute atomic E-state index is 0.270. The molecule has 0 spiro atoms. The summed E-state index contributed by atoms with van der Waals surface area (Å²) in [4.78, 5) is 0. The smallest absolute Gasteiger partial charge is 0.119 e. The number of rotatable bonds is 7. The van der Waals surface area contributed by atoms with E-state index in [9.17, 15) is 0 Å². The lowest BCUT2D eigenvalue weighted by molar-refractivity contribution is 0.112. The summed E-state index contributed by atoms with van der Waals surface area (Å²) in [7, 11) is 0. The van der Waals surface area contributed by atoms with Gasteiger partial charge in [0.1, 0.15) is 18.5 Å². The highest BCUT2D eigenvalue weighted by Crippen LogP contribution is 2.68. The lowest BCUT2D eigenvalue weighted by atomic mass is 9.56. The van der Waals surface area contributed by atoms with Gasteiger partial charge >= 0.3 is 0 Å². The van der Waals surface area contributed by atoms with Crippen molar-refractivity contribution in [1.29, 1.82) is 0 Å². The van der Waals surface area contributed by atoms with Crippen molar-refractivity contribution in [2.75, 3.05) is 13.2 Å². The minimum atomic E-state index is 0.270. The van der Waals surface area contributed by atoms with Crippen LogP contribution in [0.25, 0.3) is 0 Å². The maximum absolute atomic E-state index is 6.04. The van der Waals surface area contributed by atoms with Gasteiger partial charge in [-0.3, -0.25) is 0 Å². The average Bonchev–Trinajstić information content (AvgIpc) is 3.12. The molecule has 27 heavy (non-hydrogen) atoms. The molecule has 1 saturated heterocycles. The molecule has 2 heteroatoms. The van der Waals surface area contributed by atoms with E-state index in [1.54, 1.807) is 6.42 Å². The van der Waals surface area contributed by atoms with Crippen molar-refractivity contribution in [2.45, 2.75) is 77.2 Å². The molecule has 1 aliphatic heterocycles. The van der Waals surface area contributed by atoms with Gasteiger partial charge in [-0.1, -0.05) is 32.9 Å². The topological polar surface area (TPSA) is 21.8 Å². The van der Waals surface area contributed by atoms with Crippen LogP contribution in [-0.2, 0) is 10.2 Å². The molecule has 148 valence electrons. The van der Waals surface area contributed by atoms with Gasteiger partial charge in [0, 0.05) is 5.41 Å². The van der Waals surface area contributed by atoms with Crippen LogP contribution in [0.3, 0.4) is 0 Å². The summed E-state index contributed by atoms with van der Waals surface area (Å²) in [6, 6.07) is 9.06. The molecule has 5 unspecified atom stereocenters. The third-order valence-corrected chi connectivity index (χ3v) is 9.23. The van der Waals surface area contributed by atoms with E-state index in [0.29, 0.717) is 18.1 Å². The maximum Gasteiger partial charge on any atom is 0.119 e. The SMILES string of the molecule is CCC(CC)(c1cccc(OCC2CO2)c1)C1(C)CC2C3CCC(C3)C2C1. The summed E-state index contributed by atoms with van der Waals surface area (Å²) in [5.74, 6) is 5.13. The molecule has 1 aromatic rings. The fourth-order valence-electron chi connectivity index (χ4n) is 7.78. The molecular weight excluding hydrogens is 332 g/mol. The molecule has 1 heterocycles. The quantitative estimate of drug-likeness (QED) is 0.552. The summed E-state index contributed by atoms with van der Waals surface area (Å²) in [5, 5.41) is 0. The van der Waals surface area contributed by atoms with Crippen LogP contribution in [0.15, 0.2) is 24.3 Å². The molecule has 2 bridgehead atoms. The van der Waals surface area contributed by atoms with E-state index >= 15 is 0 Å². The third kappa shape index (κ3) is 2.77. The molecular formula is C25H36O2. The Bertz CT molecular complexity index is 669. The number of hydrogen-bond donors (Lipinski definition) is 0. The van der Waals surface area contributed by atoms with E-state index in [-0.39, 0.29) is 5.41 Å². The van der Waals surface area contributed by atoms with Crippen LogP contribution in [0, 0.1) is 29.1 Å². The first-order chi connectivity index (χ1) is 13.1. The van der Waals surface area contributed by atoms with Gasteiger partial charge in [0.25, 0.3) is 0 Å². The second-order valence-corrected chi connectivity index (χ2v) is 10.2. The zero-order valence-corrected chi connectivity index (χ0v) is 17.4. The van der Waals surface area contributed by atoms with E-state index in [2.05, 4.69) is 45.0 Å². The lowest BCUT2D eigenvalue weighted by Crippen LogP contribution is -2.42. The highest BCUT2D eigenvalue weighted by atomic mass is 16.6. The van der Waals surface area contributed by atoms with Gasteiger partial charge < -0.3 is 9.47 Å². The molecule has 4 aliphatic rings. The Morgan fingerprint density at radius 1 is 1.11 bits per heavy atom. The zero-order valence-electron chi connectivity index (χ0n) is 17.4. The largest absolute Gasteiger partial charge is 0.491 e.